The highest BCUT2D eigenvalue weighted by atomic mass is 16.2. The number of nitrogens with zero attached hydrogens (tertiary/aromatic N) is 1. The molecule has 2 N–H and O–H groups in total. The first-order chi connectivity index (χ1) is 9.60. The number of benzene rings is 1. The first-order valence-corrected chi connectivity index (χ1v) is 7.36. The summed E-state index contributed by atoms with van der Waals surface area (Å²) in [5, 5.41) is 6.33. The van der Waals surface area contributed by atoms with Crippen LogP contribution in [0, 0.1) is 13.8 Å². The molecule has 0 spiro atoms. The summed E-state index contributed by atoms with van der Waals surface area (Å²) in [4.78, 5) is 14.4. The largest absolute Gasteiger partial charge is 0.325 e. The van der Waals surface area contributed by atoms with Crippen molar-refractivity contribution in [2.45, 2.75) is 32.7 Å². The van der Waals surface area contributed by atoms with E-state index in [1.54, 1.807) is 0 Å². The van der Waals surface area contributed by atoms with Crippen molar-refractivity contribution in [3.63, 3.8) is 0 Å². The zero-order valence-electron chi connectivity index (χ0n) is 12.7. The van der Waals surface area contributed by atoms with Crippen LogP contribution >= 0.6 is 0 Å². The summed E-state index contributed by atoms with van der Waals surface area (Å²) in [6.45, 7) is 6.55. The maximum atomic E-state index is 12.2. The summed E-state index contributed by atoms with van der Waals surface area (Å²) in [5.74, 6) is 0.0791. The van der Waals surface area contributed by atoms with Gasteiger partial charge >= 0.3 is 0 Å². The summed E-state index contributed by atoms with van der Waals surface area (Å²) in [7, 11) is 1.99. The number of rotatable bonds is 4. The van der Waals surface area contributed by atoms with Gasteiger partial charge in [-0.05, 0) is 57.5 Å². The molecule has 1 amide bonds. The van der Waals surface area contributed by atoms with Gasteiger partial charge in [0.15, 0.2) is 0 Å². The second-order valence-electron chi connectivity index (χ2n) is 5.66. The average molecular weight is 275 g/mol. The molecule has 0 bridgehead atoms. The Morgan fingerprint density at radius 1 is 1.40 bits per heavy atom. The zero-order valence-corrected chi connectivity index (χ0v) is 12.7. The number of aryl methyl sites for hydroxylation is 1. The van der Waals surface area contributed by atoms with E-state index >= 15 is 0 Å². The highest BCUT2D eigenvalue weighted by Gasteiger charge is 2.20. The number of anilines is 1. The fourth-order valence-corrected chi connectivity index (χ4v) is 2.71. The lowest BCUT2D eigenvalue weighted by Gasteiger charge is -2.31. The molecule has 4 nitrogen and oxygen atoms in total. The molecule has 1 heterocycles. The molecule has 1 aromatic carbocycles. The molecule has 1 saturated heterocycles. The van der Waals surface area contributed by atoms with Crippen LogP contribution in [0.25, 0.3) is 0 Å². The molecule has 0 radical (unpaired) electrons. The van der Waals surface area contributed by atoms with Gasteiger partial charge in [-0.2, -0.15) is 0 Å². The van der Waals surface area contributed by atoms with E-state index in [-0.39, 0.29) is 5.91 Å². The predicted molar refractivity (Wildman–Crippen MR) is 83.1 cm³/mol. The van der Waals surface area contributed by atoms with Crippen molar-refractivity contribution >= 4 is 11.6 Å². The normalized spacial score (nSPS) is 19.9. The molecule has 0 saturated carbocycles. The van der Waals surface area contributed by atoms with Crippen LogP contribution in [0.3, 0.4) is 0 Å². The maximum absolute atomic E-state index is 12.2. The smallest absolute Gasteiger partial charge is 0.238 e. The summed E-state index contributed by atoms with van der Waals surface area (Å²) in [6.07, 6.45) is 2.36. The number of carbonyl (C=O) groups is 1. The van der Waals surface area contributed by atoms with Crippen molar-refractivity contribution < 1.29 is 4.79 Å². The van der Waals surface area contributed by atoms with E-state index in [1.807, 2.05) is 26.1 Å². The Morgan fingerprint density at radius 3 is 2.95 bits per heavy atom. The maximum Gasteiger partial charge on any atom is 0.238 e. The summed E-state index contributed by atoms with van der Waals surface area (Å²) in [6, 6.07) is 6.52. The fraction of sp³-hybridized carbons (Fsp3) is 0.562. The molecular formula is C16H25N3O. The van der Waals surface area contributed by atoms with Gasteiger partial charge in [-0.1, -0.05) is 12.1 Å². The number of piperidine rings is 1. The molecule has 1 aromatic rings. The van der Waals surface area contributed by atoms with Crippen LogP contribution in [0.2, 0.25) is 0 Å². The molecule has 1 unspecified atom stereocenters. The minimum Gasteiger partial charge on any atom is -0.325 e. The molecule has 0 aromatic heterocycles. The lowest BCUT2D eigenvalue weighted by Crippen LogP contribution is -2.46. The lowest BCUT2D eigenvalue weighted by molar-refractivity contribution is -0.117. The van der Waals surface area contributed by atoms with E-state index in [4.69, 9.17) is 0 Å². The number of amides is 1. The number of nitrogens with one attached hydrogen (secondary N) is 2. The lowest BCUT2D eigenvalue weighted by atomic mass is 10.1. The first-order valence-electron chi connectivity index (χ1n) is 7.36. The van der Waals surface area contributed by atoms with Gasteiger partial charge in [-0.15, -0.1) is 0 Å². The molecule has 110 valence electrons. The minimum absolute atomic E-state index is 0.0791. The average Bonchev–Trinajstić information content (AvgIpc) is 2.44. The quantitative estimate of drug-likeness (QED) is 0.882. The molecule has 0 aliphatic carbocycles. The van der Waals surface area contributed by atoms with Gasteiger partial charge in [-0.25, -0.2) is 0 Å². The molecule has 1 aliphatic rings. The molecular weight excluding hydrogens is 250 g/mol. The van der Waals surface area contributed by atoms with E-state index in [9.17, 15) is 4.79 Å². The van der Waals surface area contributed by atoms with Gasteiger partial charge in [0.05, 0.1) is 6.54 Å². The third-order valence-electron chi connectivity index (χ3n) is 4.16. The molecule has 20 heavy (non-hydrogen) atoms. The number of likely N-dealkylation sites (tertiary alicyclic amines) is 1. The van der Waals surface area contributed by atoms with E-state index < -0.39 is 0 Å². The third-order valence-corrected chi connectivity index (χ3v) is 4.16. The number of hydrogen-bond acceptors (Lipinski definition) is 3. The summed E-state index contributed by atoms with van der Waals surface area (Å²) in [5.41, 5.74) is 3.28. The van der Waals surface area contributed by atoms with Gasteiger partial charge in [0.2, 0.25) is 5.91 Å². The van der Waals surface area contributed by atoms with Crippen molar-refractivity contribution in [1.29, 1.82) is 0 Å². The Labute approximate surface area is 121 Å². The number of likely N-dealkylation sites (N-methyl/N-ethyl adjacent to an activating group) is 1. The van der Waals surface area contributed by atoms with E-state index in [0.717, 1.165) is 30.8 Å². The first kappa shape index (κ1) is 15.0. The van der Waals surface area contributed by atoms with Crippen LogP contribution in [0.4, 0.5) is 5.69 Å². The standard InChI is InChI=1S/C16H25N3O/c1-12-6-4-8-15(13(12)2)18-16(20)11-19-9-5-7-14(10-19)17-3/h4,6,8,14,17H,5,7,9-11H2,1-3H3,(H,18,20). The van der Waals surface area contributed by atoms with Crippen LogP contribution in [-0.2, 0) is 4.79 Å². The second-order valence-corrected chi connectivity index (χ2v) is 5.66. The Balaban J connectivity index is 1.90. The van der Waals surface area contributed by atoms with Crippen LogP contribution in [0.5, 0.6) is 0 Å². The van der Waals surface area contributed by atoms with Crippen molar-refractivity contribution in [2.75, 3.05) is 32.0 Å². The molecule has 4 heteroatoms. The zero-order chi connectivity index (χ0) is 14.5. The highest BCUT2D eigenvalue weighted by molar-refractivity contribution is 5.93. The van der Waals surface area contributed by atoms with Gasteiger partial charge < -0.3 is 10.6 Å². The Hall–Kier alpha value is -1.39. The minimum atomic E-state index is 0.0791. The number of hydrogen-bond donors (Lipinski definition) is 2. The van der Waals surface area contributed by atoms with Crippen molar-refractivity contribution in [1.82, 2.24) is 10.2 Å². The van der Waals surface area contributed by atoms with Gasteiger partial charge in [-0.3, -0.25) is 9.69 Å². The van der Waals surface area contributed by atoms with Crippen LogP contribution < -0.4 is 10.6 Å². The Kier molecular flexibility index (Phi) is 5.15. The Bertz CT molecular complexity index is 473. The van der Waals surface area contributed by atoms with E-state index in [2.05, 4.69) is 28.5 Å². The fourth-order valence-electron chi connectivity index (χ4n) is 2.71. The van der Waals surface area contributed by atoms with E-state index in [0.29, 0.717) is 12.6 Å². The van der Waals surface area contributed by atoms with Crippen LogP contribution in [0.1, 0.15) is 24.0 Å². The van der Waals surface area contributed by atoms with Crippen LogP contribution in [0.15, 0.2) is 18.2 Å². The molecule has 2 rings (SSSR count). The van der Waals surface area contributed by atoms with E-state index in [1.165, 1.54) is 12.0 Å². The Morgan fingerprint density at radius 2 is 2.20 bits per heavy atom. The third kappa shape index (κ3) is 3.81. The highest BCUT2D eigenvalue weighted by Crippen LogP contribution is 2.18. The second kappa shape index (κ2) is 6.86. The summed E-state index contributed by atoms with van der Waals surface area (Å²) < 4.78 is 0. The predicted octanol–water partition coefficient (Wildman–Crippen LogP) is 1.93. The van der Waals surface area contributed by atoms with Crippen molar-refractivity contribution in [3.05, 3.63) is 29.3 Å². The van der Waals surface area contributed by atoms with Crippen molar-refractivity contribution in [2.24, 2.45) is 0 Å². The van der Waals surface area contributed by atoms with Gasteiger partial charge in [0.25, 0.3) is 0 Å². The monoisotopic (exact) mass is 275 g/mol. The van der Waals surface area contributed by atoms with Crippen LogP contribution in [-0.4, -0.2) is 43.5 Å². The van der Waals surface area contributed by atoms with Gasteiger partial charge in [0, 0.05) is 18.3 Å². The molecule has 1 fully saturated rings. The van der Waals surface area contributed by atoms with Gasteiger partial charge in [0.1, 0.15) is 0 Å². The topological polar surface area (TPSA) is 44.4 Å². The summed E-state index contributed by atoms with van der Waals surface area (Å²) >= 11 is 0. The molecule has 1 aliphatic heterocycles. The van der Waals surface area contributed by atoms with Crippen molar-refractivity contribution in [3.8, 4) is 0 Å². The SMILES string of the molecule is CNC1CCCN(CC(=O)Nc2cccc(C)c2C)C1. The number of carbonyl (C=O) groups excluding carboxylic acids is 1. The molecule has 1 atom stereocenters.